The highest BCUT2D eigenvalue weighted by Gasteiger charge is 2.33. The average Bonchev–Trinajstić information content (AvgIpc) is 1.94. The summed E-state index contributed by atoms with van der Waals surface area (Å²) in [5.41, 5.74) is -0.135. The van der Waals surface area contributed by atoms with Crippen LogP contribution in [-0.2, 0) is 6.18 Å². The van der Waals surface area contributed by atoms with Crippen LogP contribution in [0.5, 0.6) is 0 Å². The van der Waals surface area contributed by atoms with E-state index in [1.54, 1.807) is 6.92 Å². The van der Waals surface area contributed by atoms with Crippen molar-refractivity contribution in [3.8, 4) is 0 Å². The Balaban J connectivity index is 3.32. The molecule has 0 N–H and O–H groups in total. The van der Waals surface area contributed by atoms with E-state index in [-0.39, 0.29) is 9.50 Å². The summed E-state index contributed by atoms with van der Waals surface area (Å²) in [6.45, 7) is 1.65. The van der Waals surface area contributed by atoms with Crippen molar-refractivity contribution in [2.45, 2.75) is 13.1 Å². The summed E-state index contributed by atoms with van der Waals surface area (Å²) in [6.07, 6.45) is -4.36. The molecule has 0 bridgehead atoms. The molecule has 0 radical (unpaired) electrons. The third-order valence-corrected chi connectivity index (χ3v) is 2.62. The Morgan fingerprint density at radius 1 is 1.31 bits per heavy atom. The summed E-state index contributed by atoms with van der Waals surface area (Å²) in [4.78, 5) is 0. The van der Waals surface area contributed by atoms with Gasteiger partial charge < -0.3 is 0 Å². The number of halogens is 5. The van der Waals surface area contributed by atoms with Crippen molar-refractivity contribution >= 4 is 27.5 Å². The maximum absolute atomic E-state index is 12.3. The minimum atomic E-state index is -4.36. The summed E-state index contributed by atoms with van der Waals surface area (Å²) in [6, 6.07) is 2.27. The minimum Gasteiger partial charge on any atom is -0.166 e. The number of rotatable bonds is 0. The van der Waals surface area contributed by atoms with Crippen LogP contribution in [0.15, 0.2) is 16.6 Å². The van der Waals surface area contributed by atoms with Gasteiger partial charge in [0.05, 0.1) is 5.56 Å². The highest BCUT2D eigenvalue weighted by Crippen LogP contribution is 2.37. The predicted octanol–water partition coefficient (Wildman–Crippen LogP) is 4.43. The van der Waals surface area contributed by atoms with Crippen molar-refractivity contribution < 1.29 is 13.2 Å². The van der Waals surface area contributed by atoms with E-state index in [9.17, 15) is 13.2 Å². The van der Waals surface area contributed by atoms with Crippen molar-refractivity contribution in [2.24, 2.45) is 0 Å². The molecule has 0 saturated heterocycles. The lowest BCUT2D eigenvalue weighted by atomic mass is 10.1. The molecule has 1 aromatic rings. The fourth-order valence-corrected chi connectivity index (χ4v) is 1.71. The van der Waals surface area contributed by atoms with E-state index >= 15 is 0 Å². The first-order valence-corrected chi connectivity index (χ1v) is 4.52. The van der Waals surface area contributed by atoms with Crippen LogP contribution in [0, 0.1) is 6.92 Å². The summed E-state index contributed by atoms with van der Waals surface area (Å²) in [5, 5.41) is 0.121. The van der Waals surface area contributed by atoms with Gasteiger partial charge in [0.25, 0.3) is 0 Å². The molecule has 0 unspecified atom stereocenters. The predicted molar refractivity (Wildman–Crippen MR) is 48.9 cm³/mol. The summed E-state index contributed by atoms with van der Waals surface area (Å²) < 4.78 is 36.8. The van der Waals surface area contributed by atoms with Crippen LogP contribution < -0.4 is 0 Å². The topological polar surface area (TPSA) is 0 Å². The van der Waals surface area contributed by atoms with E-state index < -0.39 is 11.7 Å². The zero-order valence-corrected chi connectivity index (χ0v) is 8.89. The molecule has 0 atom stereocenters. The van der Waals surface area contributed by atoms with Crippen molar-refractivity contribution in [1.29, 1.82) is 0 Å². The van der Waals surface area contributed by atoms with Crippen LogP contribution in [0.1, 0.15) is 11.1 Å². The van der Waals surface area contributed by atoms with Gasteiger partial charge in [-0.25, -0.2) is 0 Å². The van der Waals surface area contributed by atoms with Gasteiger partial charge in [-0.05, 0) is 24.6 Å². The molecule has 5 heteroatoms. The molecular formula is C8H5BrClF3. The fraction of sp³-hybridized carbons (Fsp3) is 0.250. The minimum absolute atomic E-state index is 0.0156. The highest BCUT2D eigenvalue weighted by atomic mass is 79.9. The van der Waals surface area contributed by atoms with Gasteiger partial charge in [0, 0.05) is 9.50 Å². The van der Waals surface area contributed by atoms with E-state index in [4.69, 9.17) is 11.6 Å². The van der Waals surface area contributed by atoms with Crippen molar-refractivity contribution in [3.63, 3.8) is 0 Å². The number of hydrogen-bond acceptors (Lipinski definition) is 0. The fourth-order valence-electron chi connectivity index (χ4n) is 0.864. The Bertz CT molecular complexity index is 333. The van der Waals surface area contributed by atoms with Crippen LogP contribution in [0.4, 0.5) is 13.2 Å². The Morgan fingerprint density at radius 3 is 2.31 bits per heavy atom. The second-order valence-electron chi connectivity index (χ2n) is 2.58. The number of benzene rings is 1. The van der Waals surface area contributed by atoms with Crippen LogP contribution in [-0.4, -0.2) is 0 Å². The molecule has 0 aliphatic heterocycles. The van der Waals surface area contributed by atoms with E-state index in [0.717, 1.165) is 6.07 Å². The van der Waals surface area contributed by atoms with Crippen molar-refractivity contribution in [2.75, 3.05) is 0 Å². The molecule has 0 nitrogen and oxygen atoms in total. The molecule has 0 aliphatic carbocycles. The van der Waals surface area contributed by atoms with Crippen LogP contribution >= 0.6 is 27.5 Å². The number of aryl methyl sites for hydroxylation is 1. The first-order chi connectivity index (χ1) is 5.82. The Morgan fingerprint density at radius 2 is 1.85 bits per heavy atom. The van der Waals surface area contributed by atoms with Gasteiger partial charge in [0.2, 0.25) is 0 Å². The normalized spacial score (nSPS) is 11.8. The van der Waals surface area contributed by atoms with E-state index in [0.29, 0.717) is 5.56 Å². The molecule has 1 rings (SSSR count). The zero-order chi connectivity index (χ0) is 10.2. The molecule has 0 fully saturated rings. The maximum atomic E-state index is 12.3. The molecule has 0 spiro atoms. The van der Waals surface area contributed by atoms with Crippen molar-refractivity contribution in [3.05, 3.63) is 32.8 Å². The van der Waals surface area contributed by atoms with Crippen molar-refractivity contribution in [1.82, 2.24) is 0 Å². The zero-order valence-electron chi connectivity index (χ0n) is 6.54. The molecular weight excluding hydrogens is 268 g/mol. The third kappa shape index (κ3) is 2.38. The largest absolute Gasteiger partial charge is 0.417 e. The second-order valence-corrected chi connectivity index (χ2v) is 3.84. The van der Waals surface area contributed by atoms with E-state index in [1.165, 1.54) is 6.07 Å². The quantitative estimate of drug-likeness (QED) is 0.656. The van der Waals surface area contributed by atoms with Crippen LogP contribution in [0.2, 0.25) is 5.02 Å². The Hall–Kier alpha value is -0.220. The molecule has 13 heavy (non-hydrogen) atoms. The Kier molecular flexibility index (Phi) is 2.92. The van der Waals surface area contributed by atoms with Gasteiger partial charge in [-0.1, -0.05) is 27.5 Å². The third-order valence-electron chi connectivity index (χ3n) is 1.55. The summed E-state index contributed by atoms with van der Waals surface area (Å²) in [7, 11) is 0. The lowest BCUT2D eigenvalue weighted by Crippen LogP contribution is -2.06. The summed E-state index contributed by atoms with van der Waals surface area (Å²) in [5.74, 6) is 0. The molecule has 0 aliphatic rings. The smallest absolute Gasteiger partial charge is 0.166 e. The van der Waals surface area contributed by atoms with E-state index in [2.05, 4.69) is 15.9 Å². The molecule has 1 aromatic carbocycles. The first kappa shape index (κ1) is 10.9. The van der Waals surface area contributed by atoms with Crippen LogP contribution in [0.25, 0.3) is 0 Å². The van der Waals surface area contributed by atoms with Gasteiger partial charge in [0.1, 0.15) is 0 Å². The molecule has 0 amide bonds. The molecule has 0 saturated carbocycles. The summed E-state index contributed by atoms with van der Waals surface area (Å²) >= 11 is 8.41. The lowest BCUT2D eigenvalue weighted by molar-refractivity contribution is -0.138. The number of alkyl halides is 3. The van der Waals surface area contributed by atoms with E-state index in [1.807, 2.05) is 0 Å². The molecule has 72 valence electrons. The average molecular weight is 273 g/mol. The SMILES string of the molecule is Cc1cc(Br)c(C(F)(F)F)cc1Cl. The van der Waals surface area contributed by atoms with Gasteiger partial charge in [0.15, 0.2) is 0 Å². The standard InChI is InChI=1S/C8H5BrClF3/c1-4-2-6(9)5(3-7(4)10)8(11,12)13/h2-3H,1H3. The second kappa shape index (κ2) is 3.50. The van der Waals surface area contributed by atoms with Gasteiger partial charge in [-0.2, -0.15) is 13.2 Å². The highest BCUT2D eigenvalue weighted by molar-refractivity contribution is 9.10. The first-order valence-electron chi connectivity index (χ1n) is 3.35. The monoisotopic (exact) mass is 272 g/mol. The lowest BCUT2D eigenvalue weighted by Gasteiger charge is -2.10. The molecule has 0 aromatic heterocycles. The van der Waals surface area contributed by atoms with Gasteiger partial charge >= 0.3 is 6.18 Å². The number of hydrogen-bond donors (Lipinski definition) is 0. The van der Waals surface area contributed by atoms with Gasteiger partial charge in [-0.3, -0.25) is 0 Å². The van der Waals surface area contributed by atoms with Gasteiger partial charge in [-0.15, -0.1) is 0 Å². The van der Waals surface area contributed by atoms with Crippen LogP contribution in [0.3, 0.4) is 0 Å². The maximum Gasteiger partial charge on any atom is 0.417 e. The Labute approximate surface area is 86.8 Å². The molecule has 0 heterocycles.